The maximum absolute atomic E-state index is 5.88. The van der Waals surface area contributed by atoms with Crippen LogP contribution in [0.3, 0.4) is 0 Å². The normalized spacial score (nSPS) is 31.0. The van der Waals surface area contributed by atoms with Crippen LogP contribution < -0.4 is 5.32 Å². The van der Waals surface area contributed by atoms with Gasteiger partial charge < -0.3 is 10.1 Å². The van der Waals surface area contributed by atoms with Gasteiger partial charge in [0.05, 0.1) is 12.7 Å². The molecule has 1 N–H and O–H groups in total. The molecule has 3 nitrogen and oxygen atoms in total. The van der Waals surface area contributed by atoms with Gasteiger partial charge >= 0.3 is 0 Å². The molecule has 2 aliphatic rings. The maximum Gasteiger partial charge on any atom is 0.0674 e. The predicted molar refractivity (Wildman–Crippen MR) is 89.7 cm³/mol. The zero-order chi connectivity index (χ0) is 15.1. The zero-order valence-corrected chi connectivity index (χ0v) is 14.5. The Bertz CT molecular complexity index is 287. The lowest BCUT2D eigenvalue weighted by Gasteiger charge is -2.45. The van der Waals surface area contributed by atoms with Crippen LogP contribution in [-0.4, -0.2) is 49.8 Å². The summed E-state index contributed by atoms with van der Waals surface area (Å²) in [6.07, 6.45) is 10.1. The number of hydrogen-bond donors (Lipinski definition) is 1. The summed E-state index contributed by atoms with van der Waals surface area (Å²) < 4.78 is 5.88. The molecule has 1 aliphatic carbocycles. The molecule has 21 heavy (non-hydrogen) atoms. The number of ether oxygens (including phenoxy) is 1. The van der Waals surface area contributed by atoms with E-state index in [2.05, 4.69) is 31.0 Å². The Balaban J connectivity index is 2.04. The summed E-state index contributed by atoms with van der Waals surface area (Å²) in [5, 5.41) is 3.66. The molecule has 2 rings (SSSR count). The van der Waals surface area contributed by atoms with Crippen molar-refractivity contribution in [3.8, 4) is 0 Å². The van der Waals surface area contributed by atoms with Gasteiger partial charge in [0, 0.05) is 25.7 Å². The number of nitrogens with zero attached hydrogens (tertiary/aromatic N) is 1. The van der Waals surface area contributed by atoms with E-state index in [4.69, 9.17) is 4.74 Å². The number of rotatable bonds is 6. The van der Waals surface area contributed by atoms with Crippen LogP contribution in [0.2, 0.25) is 0 Å². The average Bonchev–Trinajstić information content (AvgIpc) is 2.71. The number of nitrogens with one attached hydrogen (secondary N) is 1. The van der Waals surface area contributed by atoms with Gasteiger partial charge in [-0.3, -0.25) is 4.90 Å². The molecule has 0 aromatic rings. The molecular weight excluding hydrogens is 260 g/mol. The lowest BCUT2D eigenvalue weighted by molar-refractivity contribution is -0.0708. The Hall–Kier alpha value is -0.120. The van der Waals surface area contributed by atoms with Crippen molar-refractivity contribution < 1.29 is 4.74 Å². The van der Waals surface area contributed by atoms with Gasteiger partial charge in [0.1, 0.15) is 0 Å². The van der Waals surface area contributed by atoms with Gasteiger partial charge in [-0.15, -0.1) is 0 Å². The van der Waals surface area contributed by atoms with Crippen LogP contribution in [0.15, 0.2) is 0 Å². The highest BCUT2D eigenvalue weighted by molar-refractivity contribution is 4.90. The SMILES string of the molecule is CCNCC1(CN2CC(C)OCC2CC)CCCCCC1. The summed E-state index contributed by atoms with van der Waals surface area (Å²) in [5.74, 6) is 0. The van der Waals surface area contributed by atoms with Gasteiger partial charge in [-0.05, 0) is 38.1 Å². The molecule has 0 bridgehead atoms. The van der Waals surface area contributed by atoms with Crippen LogP contribution in [0.4, 0.5) is 0 Å². The van der Waals surface area contributed by atoms with Gasteiger partial charge in [-0.25, -0.2) is 0 Å². The van der Waals surface area contributed by atoms with Crippen molar-refractivity contribution in [2.75, 3.05) is 32.8 Å². The van der Waals surface area contributed by atoms with Crippen molar-refractivity contribution in [1.29, 1.82) is 0 Å². The minimum Gasteiger partial charge on any atom is -0.376 e. The smallest absolute Gasteiger partial charge is 0.0674 e. The van der Waals surface area contributed by atoms with E-state index in [1.54, 1.807) is 0 Å². The van der Waals surface area contributed by atoms with Crippen LogP contribution in [0.1, 0.15) is 65.7 Å². The van der Waals surface area contributed by atoms with Gasteiger partial charge in [-0.1, -0.05) is 39.5 Å². The Morgan fingerprint density at radius 3 is 2.48 bits per heavy atom. The van der Waals surface area contributed by atoms with Crippen molar-refractivity contribution in [3.05, 3.63) is 0 Å². The van der Waals surface area contributed by atoms with Crippen molar-refractivity contribution in [1.82, 2.24) is 10.2 Å². The Morgan fingerprint density at radius 1 is 1.14 bits per heavy atom. The van der Waals surface area contributed by atoms with E-state index in [1.165, 1.54) is 58.0 Å². The van der Waals surface area contributed by atoms with E-state index in [0.717, 1.165) is 19.7 Å². The van der Waals surface area contributed by atoms with E-state index in [9.17, 15) is 0 Å². The first-order valence-corrected chi connectivity index (χ1v) is 9.25. The third-order valence-corrected chi connectivity index (χ3v) is 5.51. The minimum absolute atomic E-state index is 0.398. The summed E-state index contributed by atoms with van der Waals surface area (Å²) in [7, 11) is 0. The molecule has 3 heteroatoms. The second kappa shape index (κ2) is 8.50. The van der Waals surface area contributed by atoms with Gasteiger partial charge in [-0.2, -0.15) is 0 Å². The first-order valence-electron chi connectivity index (χ1n) is 9.25. The minimum atomic E-state index is 0.398. The van der Waals surface area contributed by atoms with Crippen molar-refractivity contribution in [2.45, 2.75) is 77.9 Å². The third kappa shape index (κ3) is 4.94. The van der Waals surface area contributed by atoms with E-state index in [-0.39, 0.29) is 0 Å². The number of morpholine rings is 1. The first-order chi connectivity index (χ1) is 10.2. The summed E-state index contributed by atoms with van der Waals surface area (Å²) in [5.41, 5.74) is 0.497. The molecule has 0 aromatic heterocycles. The van der Waals surface area contributed by atoms with E-state index >= 15 is 0 Å². The fourth-order valence-corrected chi connectivity index (χ4v) is 4.17. The summed E-state index contributed by atoms with van der Waals surface area (Å²) in [6, 6.07) is 0.628. The Labute approximate surface area is 131 Å². The van der Waals surface area contributed by atoms with Crippen LogP contribution in [0.5, 0.6) is 0 Å². The van der Waals surface area contributed by atoms with E-state index in [0.29, 0.717) is 17.6 Å². The first kappa shape index (κ1) is 17.2. The molecule has 2 unspecified atom stereocenters. The second-order valence-corrected chi connectivity index (χ2v) is 7.33. The Kier molecular flexibility index (Phi) is 6.97. The molecular formula is C18H36N2O. The molecule has 1 aliphatic heterocycles. The third-order valence-electron chi connectivity index (χ3n) is 5.51. The van der Waals surface area contributed by atoms with Crippen LogP contribution in [-0.2, 0) is 4.74 Å². The topological polar surface area (TPSA) is 24.5 Å². The van der Waals surface area contributed by atoms with Gasteiger partial charge in [0.15, 0.2) is 0 Å². The van der Waals surface area contributed by atoms with Crippen molar-refractivity contribution in [2.24, 2.45) is 5.41 Å². The lowest BCUT2D eigenvalue weighted by atomic mass is 9.79. The molecule has 2 atom stereocenters. The molecule has 1 saturated heterocycles. The lowest BCUT2D eigenvalue weighted by Crippen LogP contribution is -2.54. The molecule has 124 valence electrons. The fraction of sp³-hybridized carbons (Fsp3) is 1.00. The fourth-order valence-electron chi connectivity index (χ4n) is 4.17. The Morgan fingerprint density at radius 2 is 1.86 bits per heavy atom. The van der Waals surface area contributed by atoms with Gasteiger partial charge in [0.2, 0.25) is 0 Å². The average molecular weight is 296 g/mol. The summed E-state index contributed by atoms with van der Waals surface area (Å²) >= 11 is 0. The molecule has 0 amide bonds. The van der Waals surface area contributed by atoms with Crippen LogP contribution >= 0.6 is 0 Å². The van der Waals surface area contributed by atoms with Crippen molar-refractivity contribution >= 4 is 0 Å². The van der Waals surface area contributed by atoms with Crippen LogP contribution in [0, 0.1) is 5.41 Å². The summed E-state index contributed by atoms with van der Waals surface area (Å²) in [6.45, 7) is 12.4. The second-order valence-electron chi connectivity index (χ2n) is 7.33. The van der Waals surface area contributed by atoms with Crippen molar-refractivity contribution in [3.63, 3.8) is 0 Å². The molecule has 0 spiro atoms. The number of hydrogen-bond acceptors (Lipinski definition) is 3. The van der Waals surface area contributed by atoms with Crippen LogP contribution in [0.25, 0.3) is 0 Å². The standard InChI is InChI=1S/C18H36N2O/c1-4-17-13-21-16(3)12-20(17)15-18(14-19-5-2)10-8-6-7-9-11-18/h16-17,19H,4-15H2,1-3H3. The van der Waals surface area contributed by atoms with E-state index < -0.39 is 0 Å². The summed E-state index contributed by atoms with van der Waals surface area (Å²) in [4.78, 5) is 2.75. The van der Waals surface area contributed by atoms with Gasteiger partial charge in [0.25, 0.3) is 0 Å². The monoisotopic (exact) mass is 296 g/mol. The molecule has 2 fully saturated rings. The molecule has 1 saturated carbocycles. The predicted octanol–water partition coefficient (Wildman–Crippen LogP) is 3.44. The highest BCUT2D eigenvalue weighted by Crippen LogP contribution is 2.36. The highest BCUT2D eigenvalue weighted by atomic mass is 16.5. The quantitative estimate of drug-likeness (QED) is 0.760. The maximum atomic E-state index is 5.88. The molecule has 1 heterocycles. The molecule has 0 aromatic carbocycles. The largest absolute Gasteiger partial charge is 0.376 e. The molecule has 0 radical (unpaired) electrons. The zero-order valence-electron chi connectivity index (χ0n) is 14.5. The van der Waals surface area contributed by atoms with E-state index in [1.807, 2.05) is 0 Å². The highest BCUT2D eigenvalue weighted by Gasteiger charge is 2.36.